The SMILES string of the molecule is Cc1cc(Cl)ncc1NCc1c(C)noc1C. The summed E-state index contributed by atoms with van der Waals surface area (Å²) in [6.07, 6.45) is 1.73. The molecule has 2 aromatic rings. The molecule has 0 atom stereocenters. The van der Waals surface area contributed by atoms with Crippen molar-refractivity contribution in [3.05, 3.63) is 40.0 Å². The summed E-state index contributed by atoms with van der Waals surface area (Å²) in [7, 11) is 0. The Morgan fingerprint density at radius 3 is 2.71 bits per heavy atom. The Morgan fingerprint density at radius 1 is 1.35 bits per heavy atom. The first kappa shape index (κ1) is 11.9. The van der Waals surface area contributed by atoms with Crippen LogP contribution in [-0.2, 0) is 6.54 Å². The minimum atomic E-state index is 0.505. The topological polar surface area (TPSA) is 51.0 Å². The van der Waals surface area contributed by atoms with Gasteiger partial charge in [0.2, 0.25) is 0 Å². The van der Waals surface area contributed by atoms with Crippen molar-refractivity contribution in [2.24, 2.45) is 0 Å². The lowest BCUT2D eigenvalue weighted by Crippen LogP contribution is -2.03. The van der Waals surface area contributed by atoms with E-state index in [0.717, 1.165) is 28.3 Å². The Hall–Kier alpha value is -1.55. The third-order valence-electron chi connectivity index (χ3n) is 2.71. The zero-order valence-electron chi connectivity index (χ0n) is 10.0. The van der Waals surface area contributed by atoms with Gasteiger partial charge in [-0.15, -0.1) is 0 Å². The van der Waals surface area contributed by atoms with Gasteiger partial charge in [0.15, 0.2) is 0 Å². The van der Waals surface area contributed by atoms with Crippen LogP contribution < -0.4 is 5.32 Å². The van der Waals surface area contributed by atoms with Crippen molar-refractivity contribution in [1.29, 1.82) is 0 Å². The third kappa shape index (κ3) is 2.58. The molecule has 5 heteroatoms. The van der Waals surface area contributed by atoms with Gasteiger partial charge in [0.05, 0.1) is 17.6 Å². The predicted molar refractivity (Wildman–Crippen MR) is 67.3 cm³/mol. The number of nitrogens with zero attached hydrogens (tertiary/aromatic N) is 2. The maximum Gasteiger partial charge on any atom is 0.138 e. The molecule has 2 aromatic heterocycles. The first-order valence-electron chi connectivity index (χ1n) is 5.35. The molecule has 2 rings (SSSR count). The van der Waals surface area contributed by atoms with Crippen molar-refractivity contribution in [3.63, 3.8) is 0 Å². The van der Waals surface area contributed by atoms with Gasteiger partial charge in [-0.05, 0) is 32.4 Å². The number of nitrogens with one attached hydrogen (secondary N) is 1. The average Bonchev–Trinajstić information content (AvgIpc) is 2.58. The van der Waals surface area contributed by atoms with E-state index in [2.05, 4.69) is 15.5 Å². The summed E-state index contributed by atoms with van der Waals surface area (Å²) in [6, 6.07) is 1.83. The fraction of sp³-hybridized carbons (Fsp3) is 0.333. The van der Waals surface area contributed by atoms with Gasteiger partial charge >= 0.3 is 0 Å². The summed E-state index contributed by atoms with van der Waals surface area (Å²) in [5, 5.41) is 7.72. The van der Waals surface area contributed by atoms with Gasteiger partial charge in [-0.25, -0.2) is 4.98 Å². The zero-order valence-corrected chi connectivity index (χ0v) is 10.8. The van der Waals surface area contributed by atoms with E-state index < -0.39 is 0 Å². The number of halogens is 1. The van der Waals surface area contributed by atoms with Crippen molar-refractivity contribution >= 4 is 17.3 Å². The minimum Gasteiger partial charge on any atom is -0.379 e. The van der Waals surface area contributed by atoms with Crippen LogP contribution in [0.25, 0.3) is 0 Å². The highest BCUT2D eigenvalue weighted by Gasteiger charge is 2.09. The molecule has 4 nitrogen and oxygen atoms in total. The Labute approximate surface area is 105 Å². The number of aromatic nitrogens is 2. The number of aryl methyl sites for hydroxylation is 3. The molecule has 0 aromatic carbocycles. The summed E-state index contributed by atoms with van der Waals surface area (Å²) < 4.78 is 5.11. The van der Waals surface area contributed by atoms with Crippen molar-refractivity contribution in [1.82, 2.24) is 10.1 Å². The second-order valence-corrected chi connectivity index (χ2v) is 4.37. The van der Waals surface area contributed by atoms with Crippen LogP contribution in [0, 0.1) is 20.8 Å². The molecular formula is C12H14ClN3O. The van der Waals surface area contributed by atoms with E-state index in [9.17, 15) is 0 Å². The van der Waals surface area contributed by atoms with Crippen LogP contribution in [0.1, 0.15) is 22.6 Å². The van der Waals surface area contributed by atoms with Gasteiger partial charge in [-0.3, -0.25) is 0 Å². The smallest absolute Gasteiger partial charge is 0.138 e. The lowest BCUT2D eigenvalue weighted by atomic mass is 10.2. The van der Waals surface area contributed by atoms with Crippen LogP contribution in [0.4, 0.5) is 5.69 Å². The van der Waals surface area contributed by atoms with Gasteiger partial charge in [-0.2, -0.15) is 0 Å². The van der Waals surface area contributed by atoms with E-state index in [1.54, 1.807) is 6.20 Å². The Balaban J connectivity index is 2.13. The number of pyridine rings is 1. The van der Waals surface area contributed by atoms with Crippen LogP contribution in [0.5, 0.6) is 0 Å². The molecule has 0 bridgehead atoms. The normalized spacial score (nSPS) is 10.6. The highest BCUT2D eigenvalue weighted by Crippen LogP contribution is 2.19. The second-order valence-electron chi connectivity index (χ2n) is 3.98. The summed E-state index contributed by atoms with van der Waals surface area (Å²) >= 11 is 5.80. The molecular weight excluding hydrogens is 238 g/mol. The quantitative estimate of drug-likeness (QED) is 0.851. The predicted octanol–water partition coefficient (Wildman–Crippen LogP) is 3.26. The van der Waals surface area contributed by atoms with E-state index in [4.69, 9.17) is 16.1 Å². The molecule has 2 heterocycles. The van der Waals surface area contributed by atoms with Gasteiger partial charge in [0, 0.05) is 12.1 Å². The molecule has 90 valence electrons. The molecule has 0 amide bonds. The summed E-state index contributed by atoms with van der Waals surface area (Å²) in [4.78, 5) is 4.05. The van der Waals surface area contributed by atoms with Crippen LogP contribution in [0.3, 0.4) is 0 Å². The van der Waals surface area contributed by atoms with Gasteiger partial charge < -0.3 is 9.84 Å². The molecule has 0 aliphatic heterocycles. The van der Waals surface area contributed by atoms with E-state index in [1.165, 1.54) is 0 Å². The molecule has 0 saturated heterocycles. The standard InChI is InChI=1S/C12H14ClN3O/c1-7-4-12(13)15-6-11(7)14-5-10-8(2)16-17-9(10)3/h4,6,14H,5H2,1-3H3. The maximum atomic E-state index is 5.80. The lowest BCUT2D eigenvalue weighted by molar-refractivity contribution is 0.392. The first-order valence-corrected chi connectivity index (χ1v) is 5.73. The Kier molecular flexibility index (Phi) is 3.33. The summed E-state index contributed by atoms with van der Waals surface area (Å²) in [5.41, 5.74) is 4.03. The number of anilines is 1. The molecule has 0 radical (unpaired) electrons. The highest BCUT2D eigenvalue weighted by molar-refractivity contribution is 6.29. The molecule has 0 aliphatic rings. The molecule has 17 heavy (non-hydrogen) atoms. The van der Waals surface area contributed by atoms with E-state index in [0.29, 0.717) is 11.7 Å². The third-order valence-corrected chi connectivity index (χ3v) is 2.92. The van der Waals surface area contributed by atoms with Crippen LogP contribution in [0.15, 0.2) is 16.8 Å². The molecule has 0 fully saturated rings. The van der Waals surface area contributed by atoms with Gasteiger partial charge in [0.25, 0.3) is 0 Å². The number of hydrogen-bond acceptors (Lipinski definition) is 4. The molecule has 0 spiro atoms. The van der Waals surface area contributed by atoms with Crippen LogP contribution >= 0.6 is 11.6 Å². The number of rotatable bonds is 3. The van der Waals surface area contributed by atoms with Crippen molar-refractivity contribution < 1.29 is 4.52 Å². The zero-order chi connectivity index (χ0) is 12.4. The Bertz CT molecular complexity index is 517. The average molecular weight is 252 g/mol. The van der Waals surface area contributed by atoms with Crippen molar-refractivity contribution in [2.75, 3.05) is 5.32 Å². The van der Waals surface area contributed by atoms with E-state index in [1.807, 2.05) is 26.8 Å². The molecule has 0 aliphatic carbocycles. The monoisotopic (exact) mass is 251 g/mol. The molecule has 1 N–H and O–H groups in total. The molecule has 0 unspecified atom stereocenters. The minimum absolute atomic E-state index is 0.505. The van der Waals surface area contributed by atoms with Crippen molar-refractivity contribution in [3.8, 4) is 0 Å². The summed E-state index contributed by atoms with van der Waals surface area (Å²) in [5.74, 6) is 0.842. The van der Waals surface area contributed by atoms with Gasteiger partial charge in [0.1, 0.15) is 10.9 Å². The van der Waals surface area contributed by atoms with Crippen molar-refractivity contribution in [2.45, 2.75) is 27.3 Å². The first-order chi connectivity index (χ1) is 8.08. The fourth-order valence-corrected chi connectivity index (χ4v) is 1.86. The maximum absolute atomic E-state index is 5.80. The van der Waals surface area contributed by atoms with E-state index >= 15 is 0 Å². The fourth-order valence-electron chi connectivity index (χ4n) is 1.64. The van der Waals surface area contributed by atoms with Gasteiger partial charge in [-0.1, -0.05) is 16.8 Å². The van der Waals surface area contributed by atoms with E-state index in [-0.39, 0.29) is 0 Å². The van der Waals surface area contributed by atoms with Crippen LogP contribution in [0.2, 0.25) is 5.15 Å². The summed E-state index contributed by atoms with van der Waals surface area (Å²) in [6.45, 7) is 6.50. The Morgan fingerprint density at radius 2 is 2.12 bits per heavy atom. The second kappa shape index (κ2) is 4.75. The number of hydrogen-bond donors (Lipinski definition) is 1. The lowest BCUT2D eigenvalue weighted by Gasteiger charge is -2.08. The largest absolute Gasteiger partial charge is 0.379 e. The highest BCUT2D eigenvalue weighted by atomic mass is 35.5. The molecule has 0 saturated carbocycles. The van der Waals surface area contributed by atoms with Crippen LogP contribution in [-0.4, -0.2) is 10.1 Å².